The highest BCUT2D eigenvalue weighted by Crippen LogP contribution is 2.52. The standard InChI is InChI=1S/C17H29NO2/c1-4-5-14-6-8-16(13-18,9-7-14)17(19)10-11-20-15(2,3)12-17/h14,19H,4-12H2,1-3H3. The second-order valence-electron chi connectivity index (χ2n) is 7.49. The zero-order valence-electron chi connectivity index (χ0n) is 13.2. The highest BCUT2D eigenvalue weighted by molar-refractivity contribution is 5.15. The van der Waals surface area contributed by atoms with Crippen molar-refractivity contribution < 1.29 is 9.84 Å². The van der Waals surface area contributed by atoms with Crippen LogP contribution in [0.15, 0.2) is 0 Å². The fraction of sp³-hybridized carbons (Fsp3) is 0.941. The second-order valence-corrected chi connectivity index (χ2v) is 7.49. The maximum Gasteiger partial charge on any atom is 0.0882 e. The topological polar surface area (TPSA) is 53.2 Å². The molecule has 2 rings (SSSR count). The monoisotopic (exact) mass is 279 g/mol. The highest BCUT2D eigenvalue weighted by atomic mass is 16.5. The molecule has 1 atom stereocenters. The number of nitriles is 1. The molecule has 3 nitrogen and oxygen atoms in total. The molecule has 1 N–H and O–H groups in total. The summed E-state index contributed by atoms with van der Waals surface area (Å²) in [5.74, 6) is 0.748. The Balaban J connectivity index is 2.14. The van der Waals surface area contributed by atoms with Crippen LogP contribution in [-0.4, -0.2) is 22.9 Å². The summed E-state index contributed by atoms with van der Waals surface area (Å²) >= 11 is 0. The molecule has 1 aliphatic heterocycles. The minimum Gasteiger partial charge on any atom is -0.388 e. The molecule has 0 amide bonds. The van der Waals surface area contributed by atoms with Gasteiger partial charge in [-0.05, 0) is 45.4 Å². The van der Waals surface area contributed by atoms with E-state index in [-0.39, 0.29) is 5.60 Å². The van der Waals surface area contributed by atoms with Crippen molar-refractivity contribution in [2.24, 2.45) is 11.3 Å². The van der Waals surface area contributed by atoms with Gasteiger partial charge in [0, 0.05) is 12.8 Å². The molecule has 1 unspecified atom stereocenters. The van der Waals surface area contributed by atoms with Gasteiger partial charge >= 0.3 is 0 Å². The molecule has 3 heteroatoms. The van der Waals surface area contributed by atoms with E-state index < -0.39 is 11.0 Å². The molecule has 1 saturated heterocycles. The molecule has 0 spiro atoms. The van der Waals surface area contributed by atoms with Gasteiger partial charge in [0.1, 0.15) is 0 Å². The number of rotatable bonds is 3. The first-order valence-electron chi connectivity index (χ1n) is 8.14. The van der Waals surface area contributed by atoms with Crippen LogP contribution >= 0.6 is 0 Å². The molecule has 0 aromatic heterocycles. The summed E-state index contributed by atoms with van der Waals surface area (Å²) in [7, 11) is 0. The van der Waals surface area contributed by atoms with Crippen molar-refractivity contribution >= 4 is 0 Å². The van der Waals surface area contributed by atoms with Crippen LogP contribution in [0.3, 0.4) is 0 Å². The molecule has 0 aromatic rings. The summed E-state index contributed by atoms with van der Waals surface area (Å²) in [5.41, 5.74) is -1.75. The van der Waals surface area contributed by atoms with Crippen molar-refractivity contribution in [3.8, 4) is 6.07 Å². The quantitative estimate of drug-likeness (QED) is 0.854. The van der Waals surface area contributed by atoms with E-state index in [1.165, 1.54) is 12.8 Å². The first kappa shape index (κ1) is 15.8. The molecule has 1 aliphatic carbocycles. The molecule has 1 heterocycles. The summed E-state index contributed by atoms with van der Waals surface area (Å²) in [5, 5.41) is 21.0. The Morgan fingerprint density at radius 3 is 2.40 bits per heavy atom. The summed E-state index contributed by atoms with van der Waals surface area (Å²) in [6.07, 6.45) is 7.52. The zero-order valence-corrected chi connectivity index (χ0v) is 13.2. The van der Waals surface area contributed by atoms with Gasteiger partial charge < -0.3 is 9.84 Å². The van der Waals surface area contributed by atoms with Gasteiger partial charge in [0.05, 0.1) is 29.3 Å². The summed E-state index contributed by atoms with van der Waals surface area (Å²) in [6.45, 7) is 6.82. The number of ether oxygens (including phenoxy) is 1. The Bertz CT molecular complexity index is 377. The van der Waals surface area contributed by atoms with Crippen LogP contribution in [0, 0.1) is 22.7 Å². The maximum absolute atomic E-state index is 11.2. The molecule has 0 aromatic carbocycles. The molecule has 20 heavy (non-hydrogen) atoms. The molecule has 114 valence electrons. The van der Waals surface area contributed by atoms with Crippen LogP contribution in [0.5, 0.6) is 0 Å². The van der Waals surface area contributed by atoms with Crippen LogP contribution in [0.25, 0.3) is 0 Å². The molecule has 0 radical (unpaired) electrons. The lowest BCUT2D eigenvalue weighted by Gasteiger charge is -2.52. The van der Waals surface area contributed by atoms with Gasteiger partial charge in [-0.1, -0.05) is 19.8 Å². The number of aliphatic hydroxyl groups is 1. The van der Waals surface area contributed by atoms with E-state index in [1.807, 2.05) is 13.8 Å². The highest BCUT2D eigenvalue weighted by Gasteiger charge is 2.55. The predicted octanol–water partition coefficient (Wildman–Crippen LogP) is 3.81. The summed E-state index contributed by atoms with van der Waals surface area (Å²) in [4.78, 5) is 0. The lowest BCUT2D eigenvalue weighted by molar-refractivity contribution is -0.189. The van der Waals surface area contributed by atoms with Gasteiger partial charge in [-0.2, -0.15) is 5.26 Å². The van der Waals surface area contributed by atoms with Crippen molar-refractivity contribution in [3.05, 3.63) is 0 Å². The van der Waals surface area contributed by atoms with Crippen molar-refractivity contribution in [3.63, 3.8) is 0 Å². The van der Waals surface area contributed by atoms with Crippen LogP contribution in [0.2, 0.25) is 0 Å². The van der Waals surface area contributed by atoms with Crippen LogP contribution < -0.4 is 0 Å². The smallest absolute Gasteiger partial charge is 0.0882 e. The third-order valence-electron chi connectivity index (χ3n) is 5.49. The minimum atomic E-state index is -0.874. The lowest BCUT2D eigenvalue weighted by atomic mass is 9.58. The number of nitrogens with zero attached hydrogens (tertiary/aromatic N) is 1. The molecular formula is C17H29NO2. The summed E-state index contributed by atoms with van der Waals surface area (Å²) in [6, 6.07) is 2.52. The summed E-state index contributed by atoms with van der Waals surface area (Å²) < 4.78 is 5.73. The molecular weight excluding hydrogens is 250 g/mol. The SMILES string of the molecule is CCCC1CCC(C#N)(C2(O)CCOC(C)(C)C2)CC1. The Labute approximate surface area is 123 Å². The number of hydrogen-bond acceptors (Lipinski definition) is 3. The van der Waals surface area contributed by atoms with Crippen molar-refractivity contribution in [1.29, 1.82) is 5.26 Å². The average molecular weight is 279 g/mol. The molecule has 2 fully saturated rings. The minimum absolute atomic E-state index is 0.322. The van der Waals surface area contributed by atoms with Gasteiger partial charge in [0.2, 0.25) is 0 Å². The molecule has 0 bridgehead atoms. The van der Waals surface area contributed by atoms with Crippen molar-refractivity contribution in [1.82, 2.24) is 0 Å². The largest absolute Gasteiger partial charge is 0.388 e. The van der Waals surface area contributed by atoms with E-state index in [2.05, 4.69) is 13.0 Å². The first-order chi connectivity index (χ1) is 9.36. The molecule has 2 aliphatic rings. The normalized spacial score (nSPS) is 41.0. The average Bonchev–Trinajstić information content (AvgIpc) is 2.38. The number of hydrogen-bond donors (Lipinski definition) is 1. The molecule has 1 saturated carbocycles. The van der Waals surface area contributed by atoms with Gasteiger partial charge in [-0.15, -0.1) is 0 Å². The van der Waals surface area contributed by atoms with E-state index >= 15 is 0 Å². The van der Waals surface area contributed by atoms with Crippen LogP contribution in [0.4, 0.5) is 0 Å². The van der Waals surface area contributed by atoms with Crippen molar-refractivity contribution in [2.45, 2.75) is 83.3 Å². The zero-order chi connectivity index (χ0) is 14.9. The second kappa shape index (κ2) is 5.66. The van der Waals surface area contributed by atoms with E-state index in [9.17, 15) is 10.4 Å². The maximum atomic E-state index is 11.2. The third-order valence-corrected chi connectivity index (χ3v) is 5.49. The van der Waals surface area contributed by atoms with E-state index in [4.69, 9.17) is 4.74 Å². The van der Waals surface area contributed by atoms with E-state index in [0.29, 0.717) is 19.4 Å². The van der Waals surface area contributed by atoms with Crippen molar-refractivity contribution in [2.75, 3.05) is 6.61 Å². The fourth-order valence-corrected chi connectivity index (χ4v) is 4.30. The van der Waals surface area contributed by atoms with Gasteiger partial charge in [0.25, 0.3) is 0 Å². The van der Waals surface area contributed by atoms with E-state index in [0.717, 1.165) is 31.6 Å². The first-order valence-corrected chi connectivity index (χ1v) is 8.14. The van der Waals surface area contributed by atoms with E-state index in [1.54, 1.807) is 0 Å². The van der Waals surface area contributed by atoms with Crippen LogP contribution in [-0.2, 0) is 4.74 Å². The van der Waals surface area contributed by atoms with Crippen LogP contribution in [0.1, 0.15) is 72.1 Å². The fourth-order valence-electron chi connectivity index (χ4n) is 4.30. The van der Waals surface area contributed by atoms with Gasteiger partial charge in [-0.25, -0.2) is 0 Å². The predicted molar refractivity (Wildman–Crippen MR) is 79.1 cm³/mol. The third kappa shape index (κ3) is 2.87. The van der Waals surface area contributed by atoms with Gasteiger partial charge in [0.15, 0.2) is 0 Å². The Morgan fingerprint density at radius 2 is 1.90 bits per heavy atom. The van der Waals surface area contributed by atoms with Gasteiger partial charge in [-0.3, -0.25) is 0 Å². The Morgan fingerprint density at radius 1 is 1.25 bits per heavy atom. The Hall–Kier alpha value is -0.590. The lowest BCUT2D eigenvalue weighted by Crippen LogP contribution is -2.56. The Kier molecular flexibility index (Phi) is 4.47.